The molecule has 0 fully saturated rings. The first-order chi connectivity index (χ1) is 7.52. The molecule has 0 aromatic heterocycles. The zero-order chi connectivity index (χ0) is 12.2. The predicted molar refractivity (Wildman–Crippen MR) is 69.0 cm³/mol. The van der Waals surface area contributed by atoms with Crippen molar-refractivity contribution in [3.05, 3.63) is 29.8 Å². The molecule has 3 nitrogen and oxygen atoms in total. The Labute approximate surface area is 98.1 Å². The van der Waals surface area contributed by atoms with Gasteiger partial charge in [0.05, 0.1) is 12.1 Å². The van der Waals surface area contributed by atoms with E-state index >= 15 is 0 Å². The maximum absolute atomic E-state index is 9.36. The molecule has 0 saturated carbocycles. The average Bonchev–Trinajstić information content (AvgIpc) is 2.29. The molecule has 1 rings (SSSR count). The SMILES string of the molecule is CNC(C)(CO)CN(C)c1ccccc1C. The summed E-state index contributed by atoms with van der Waals surface area (Å²) in [6.45, 7) is 5.01. The van der Waals surface area contributed by atoms with E-state index in [1.165, 1.54) is 11.3 Å². The predicted octanol–water partition coefficient (Wildman–Crippen LogP) is 1.40. The van der Waals surface area contributed by atoms with Crippen LogP contribution in [0.3, 0.4) is 0 Å². The molecule has 16 heavy (non-hydrogen) atoms. The van der Waals surface area contributed by atoms with Crippen molar-refractivity contribution in [3.63, 3.8) is 0 Å². The first kappa shape index (κ1) is 13.0. The summed E-state index contributed by atoms with van der Waals surface area (Å²) in [6, 6.07) is 8.27. The number of anilines is 1. The highest BCUT2D eigenvalue weighted by atomic mass is 16.3. The Morgan fingerprint density at radius 1 is 1.38 bits per heavy atom. The fraction of sp³-hybridized carbons (Fsp3) is 0.538. The van der Waals surface area contributed by atoms with E-state index in [1.807, 2.05) is 33.2 Å². The van der Waals surface area contributed by atoms with E-state index in [0.29, 0.717) is 0 Å². The van der Waals surface area contributed by atoms with Crippen molar-refractivity contribution in [2.24, 2.45) is 0 Å². The van der Waals surface area contributed by atoms with E-state index < -0.39 is 0 Å². The Morgan fingerprint density at radius 3 is 2.50 bits per heavy atom. The minimum absolute atomic E-state index is 0.125. The molecule has 2 N–H and O–H groups in total. The number of hydrogen-bond donors (Lipinski definition) is 2. The maximum atomic E-state index is 9.36. The zero-order valence-electron chi connectivity index (χ0n) is 10.6. The van der Waals surface area contributed by atoms with Crippen LogP contribution < -0.4 is 10.2 Å². The van der Waals surface area contributed by atoms with Gasteiger partial charge in [0, 0.05) is 19.3 Å². The number of rotatable bonds is 5. The molecule has 0 aliphatic heterocycles. The molecule has 1 aromatic rings. The van der Waals surface area contributed by atoms with Gasteiger partial charge >= 0.3 is 0 Å². The van der Waals surface area contributed by atoms with Gasteiger partial charge in [-0.3, -0.25) is 0 Å². The number of benzene rings is 1. The van der Waals surface area contributed by atoms with Gasteiger partial charge in [0.25, 0.3) is 0 Å². The van der Waals surface area contributed by atoms with Crippen LogP contribution in [0.2, 0.25) is 0 Å². The molecule has 0 aliphatic rings. The summed E-state index contributed by atoms with van der Waals surface area (Å²) in [5.41, 5.74) is 2.19. The molecule has 0 amide bonds. The lowest BCUT2D eigenvalue weighted by Crippen LogP contribution is -2.52. The molecular formula is C13H22N2O. The van der Waals surface area contributed by atoms with Crippen molar-refractivity contribution in [3.8, 4) is 0 Å². The Morgan fingerprint density at radius 2 is 2.00 bits per heavy atom. The molecule has 0 heterocycles. The molecule has 0 saturated heterocycles. The summed E-state index contributed by atoms with van der Waals surface area (Å²) < 4.78 is 0. The molecule has 0 bridgehead atoms. The lowest BCUT2D eigenvalue weighted by Gasteiger charge is -2.33. The normalized spacial score (nSPS) is 14.6. The van der Waals surface area contributed by atoms with Gasteiger partial charge in [-0.2, -0.15) is 0 Å². The number of aliphatic hydroxyl groups is 1. The standard InChI is InChI=1S/C13H22N2O/c1-11-7-5-6-8-12(11)15(4)9-13(2,10-16)14-3/h5-8,14,16H,9-10H2,1-4H3. The number of aliphatic hydroxyl groups excluding tert-OH is 1. The molecule has 0 spiro atoms. The number of aryl methyl sites for hydroxylation is 1. The number of nitrogens with zero attached hydrogens (tertiary/aromatic N) is 1. The maximum Gasteiger partial charge on any atom is 0.0627 e. The van der Waals surface area contributed by atoms with Crippen LogP contribution in [0, 0.1) is 6.92 Å². The Hall–Kier alpha value is -1.06. The molecular weight excluding hydrogens is 200 g/mol. The van der Waals surface area contributed by atoms with Gasteiger partial charge in [0.2, 0.25) is 0 Å². The third-order valence-corrected chi connectivity index (χ3v) is 3.07. The fourth-order valence-electron chi connectivity index (χ4n) is 1.81. The second-order valence-corrected chi connectivity index (χ2v) is 4.61. The molecule has 90 valence electrons. The minimum Gasteiger partial charge on any atom is -0.394 e. The van der Waals surface area contributed by atoms with E-state index in [-0.39, 0.29) is 12.1 Å². The van der Waals surface area contributed by atoms with Crippen molar-refractivity contribution in [1.82, 2.24) is 5.32 Å². The number of para-hydroxylation sites is 1. The monoisotopic (exact) mass is 222 g/mol. The van der Waals surface area contributed by atoms with Crippen molar-refractivity contribution < 1.29 is 5.11 Å². The lowest BCUT2D eigenvalue weighted by atomic mass is 10.0. The van der Waals surface area contributed by atoms with E-state index in [2.05, 4.69) is 29.3 Å². The quantitative estimate of drug-likeness (QED) is 0.790. The van der Waals surface area contributed by atoms with Crippen LogP contribution in [0.1, 0.15) is 12.5 Å². The first-order valence-electron chi connectivity index (χ1n) is 5.59. The Balaban J connectivity index is 2.80. The number of nitrogens with one attached hydrogen (secondary N) is 1. The van der Waals surface area contributed by atoms with Gasteiger partial charge in [-0.15, -0.1) is 0 Å². The second kappa shape index (κ2) is 5.32. The largest absolute Gasteiger partial charge is 0.394 e. The Bertz CT molecular complexity index is 334. The molecule has 1 unspecified atom stereocenters. The zero-order valence-corrected chi connectivity index (χ0v) is 10.6. The van der Waals surface area contributed by atoms with E-state index in [1.54, 1.807) is 0 Å². The summed E-state index contributed by atoms with van der Waals surface area (Å²) in [7, 11) is 3.93. The van der Waals surface area contributed by atoms with E-state index in [0.717, 1.165) is 6.54 Å². The number of hydrogen-bond acceptors (Lipinski definition) is 3. The third-order valence-electron chi connectivity index (χ3n) is 3.07. The van der Waals surface area contributed by atoms with Crippen LogP contribution in [-0.4, -0.2) is 37.9 Å². The van der Waals surface area contributed by atoms with Crippen molar-refractivity contribution in [1.29, 1.82) is 0 Å². The molecule has 1 aromatic carbocycles. The lowest BCUT2D eigenvalue weighted by molar-refractivity contribution is 0.187. The summed E-state index contributed by atoms with van der Waals surface area (Å²) in [4.78, 5) is 2.17. The highest BCUT2D eigenvalue weighted by Crippen LogP contribution is 2.19. The smallest absolute Gasteiger partial charge is 0.0627 e. The second-order valence-electron chi connectivity index (χ2n) is 4.61. The van der Waals surface area contributed by atoms with Crippen LogP contribution in [0.5, 0.6) is 0 Å². The summed E-state index contributed by atoms with van der Waals surface area (Å²) >= 11 is 0. The van der Waals surface area contributed by atoms with E-state index in [9.17, 15) is 5.11 Å². The molecule has 1 atom stereocenters. The van der Waals surface area contributed by atoms with Crippen molar-refractivity contribution in [2.45, 2.75) is 19.4 Å². The summed E-state index contributed by atoms with van der Waals surface area (Å²) in [5.74, 6) is 0. The minimum atomic E-state index is -0.267. The highest BCUT2D eigenvalue weighted by Gasteiger charge is 2.23. The number of likely N-dealkylation sites (N-methyl/N-ethyl adjacent to an activating group) is 2. The van der Waals surface area contributed by atoms with Crippen molar-refractivity contribution in [2.75, 3.05) is 32.1 Å². The van der Waals surface area contributed by atoms with Crippen LogP contribution in [0.25, 0.3) is 0 Å². The van der Waals surface area contributed by atoms with Crippen LogP contribution in [0.4, 0.5) is 5.69 Å². The van der Waals surface area contributed by atoms with Crippen molar-refractivity contribution >= 4 is 5.69 Å². The van der Waals surface area contributed by atoms with Crippen LogP contribution in [-0.2, 0) is 0 Å². The first-order valence-corrected chi connectivity index (χ1v) is 5.59. The fourth-order valence-corrected chi connectivity index (χ4v) is 1.81. The molecule has 3 heteroatoms. The van der Waals surface area contributed by atoms with Gasteiger partial charge < -0.3 is 15.3 Å². The third kappa shape index (κ3) is 2.97. The topological polar surface area (TPSA) is 35.5 Å². The van der Waals surface area contributed by atoms with Gasteiger partial charge in [0.15, 0.2) is 0 Å². The summed E-state index contributed by atoms with van der Waals surface area (Å²) in [5, 5.41) is 12.5. The van der Waals surface area contributed by atoms with Gasteiger partial charge in [-0.1, -0.05) is 18.2 Å². The van der Waals surface area contributed by atoms with Crippen LogP contribution >= 0.6 is 0 Å². The molecule has 0 radical (unpaired) electrons. The average molecular weight is 222 g/mol. The molecule has 0 aliphatic carbocycles. The Kier molecular flexibility index (Phi) is 4.33. The highest BCUT2D eigenvalue weighted by molar-refractivity contribution is 5.52. The summed E-state index contributed by atoms with van der Waals surface area (Å²) in [6.07, 6.45) is 0. The van der Waals surface area contributed by atoms with Gasteiger partial charge in [-0.25, -0.2) is 0 Å². The van der Waals surface area contributed by atoms with Crippen LogP contribution in [0.15, 0.2) is 24.3 Å². The van der Waals surface area contributed by atoms with Gasteiger partial charge in [0.1, 0.15) is 0 Å². The van der Waals surface area contributed by atoms with Gasteiger partial charge in [-0.05, 0) is 32.5 Å². The van der Waals surface area contributed by atoms with E-state index in [4.69, 9.17) is 0 Å².